The Balaban J connectivity index is 0. The molecule has 2 aromatic rings. The molecule has 0 N–H and O–H groups in total. The van der Waals surface area contributed by atoms with Crippen LogP contribution < -0.4 is 61.2 Å². The van der Waals surface area contributed by atoms with Crippen LogP contribution in [0.5, 0.6) is 5.75 Å². The Morgan fingerprint density at radius 2 is 1.83 bits per heavy atom. The third-order valence-electron chi connectivity index (χ3n) is 2.50. The normalized spacial score (nSPS) is 9.22. The van der Waals surface area contributed by atoms with Gasteiger partial charge in [0.1, 0.15) is 12.4 Å². The van der Waals surface area contributed by atoms with Gasteiger partial charge >= 0.3 is 51.4 Å². The minimum atomic E-state index is -2.58. The van der Waals surface area contributed by atoms with Crippen LogP contribution in [0.15, 0.2) is 24.4 Å². The van der Waals surface area contributed by atoms with Crippen LogP contribution in [0.2, 0.25) is 0 Å². The maximum atomic E-state index is 12.0. The van der Waals surface area contributed by atoms with Gasteiger partial charge in [0.2, 0.25) is 0 Å². The molecule has 0 aliphatic heterocycles. The van der Waals surface area contributed by atoms with Crippen LogP contribution in [0.25, 0.3) is 5.52 Å². The minimum Gasteiger partial charge on any atom is -0.543 e. The standard InChI is InChI=1S/C12H11F2NO3.2C2H6.K/c1-7-4-8-2-3-9(18-6-10(13)14)5-15(8)11(7)12(16)17;2*1-2;/h2-5,10H,6H2,1H3,(H,16,17);2*1-2H3;/q;;;+1/p-1. The van der Waals surface area contributed by atoms with Gasteiger partial charge in [0.25, 0.3) is 6.43 Å². The zero-order valence-corrected chi connectivity index (χ0v) is 17.6. The number of fused-ring (bicyclic) bond motifs is 1. The van der Waals surface area contributed by atoms with Gasteiger partial charge in [-0.05, 0) is 30.7 Å². The molecule has 7 heteroatoms. The summed E-state index contributed by atoms with van der Waals surface area (Å²) in [6.07, 6.45) is -1.22. The molecule has 124 valence electrons. The van der Waals surface area contributed by atoms with Crippen LogP contribution in [0.1, 0.15) is 43.7 Å². The first-order valence-corrected chi connectivity index (χ1v) is 7.23. The quantitative estimate of drug-likeness (QED) is 0.744. The van der Waals surface area contributed by atoms with Gasteiger partial charge in [-0.15, -0.1) is 0 Å². The fraction of sp³-hybridized carbons (Fsp3) is 0.438. The molecule has 0 bridgehead atoms. The predicted octanol–water partition coefficient (Wildman–Crippen LogP) is 0.312. The first-order chi connectivity index (χ1) is 10.5. The number of aryl methyl sites for hydroxylation is 1. The first-order valence-electron chi connectivity index (χ1n) is 7.23. The largest absolute Gasteiger partial charge is 1.00 e. The van der Waals surface area contributed by atoms with Crippen molar-refractivity contribution in [3.8, 4) is 5.75 Å². The van der Waals surface area contributed by atoms with Crippen molar-refractivity contribution >= 4 is 11.5 Å². The Kier molecular flexibility index (Phi) is 13.9. The molecule has 23 heavy (non-hydrogen) atoms. The van der Waals surface area contributed by atoms with E-state index in [9.17, 15) is 18.7 Å². The third kappa shape index (κ3) is 7.30. The van der Waals surface area contributed by atoms with Crippen LogP contribution in [-0.2, 0) is 0 Å². The number of hydrogen-bond acceptors (Lipinski definition) is 3. The average Bonchev–Trinajstić information content (AvgIpc) is 2.84. The van der Waals surface area contributed by atoms with Crippen LogP contribution >= 0.6 is 0 Å². The predicted molar refractivity (Wildman–Crippen MR) is 80.7 cm³/mol. The summed E-state index contributed by atoms with van der Waals surface area (Å²) in [7, 11) is 0. The zero-order chi connectivity index (χ0) is 17.3. The van der Waals surface area contributed by atoms with Crippen LogP contribution in [-0.4, -0.2) is 23.4 Å². The number of nitrogens with zero attached hydrogens (tertiary/aromatic N) is 1. The van der Waals surface area contributed by atoms with E-state index in [1.54, 1.807) is 19.1 Å². The monoisotopic (exact) mass is 353 g/mol. The van der Waals surface area contributed by atoms with Crippen LogP contribution in [0.4, 0.5) is 8.78 Å². The molecule has 4 nitrogen and oxygen atoms in total. The van der Waals surface area contributed by atoms with E-state index in [1.807, 2.05) is 27.7 Å². The molecule has 0 radical (unpaired) electrons. The third-order valence-corrected chi connectivity index (χ3v) is 2.50. The van der Waals surface area contributed by atoms with Gasteiger partial charge in [-0.2, -0.15) is 0 Å². The van der Waals surface area contributed by atoms with Gasteiger partial charge in [-0.1, -0.05) is 27.7 Å². The Hall–Kier alpha value is -0.474. The first kappa shape index (κ1) is 24.8. The van der Waals surface area contributed by atoms with E-state index in [-0.39, 0.29) is 62.8 Å². The molecule has 0 spiro atoms. The fourth-order valence-electron chi connectivity index (χ4n) is 1.79. The van der Waals surface area contributed by atoms with Crippen molar-refractivity contribution in [2.45, 2.75) is 41.0 Å². The van der Waals surface area contributed by atoms with E-state index in [4.69, 9.17) is 4.74 Å². The van der Waals surface area contributed by atoms with Crippen LogP contribution in [0, 0.1) is 6.92 Å². The van der Waals surface area contributed by atoms with Gasteiger partial charge in [0, 0.05) is 5.52 Å². The van der Waals surface area contributed by atoms with Crippen molar-refractivity contribution in [2.75, 3.05) is 6.61 Å². The van der Waals surface area contributed by atoms with Gasteiger partial charge in [-0.25, -0.2) is 8.78 Å². The summed E-state index contributed by atoms with van der Waals surface area (Å²) in [5.74, 6) is -1.14. The second-order valence-electron chi connectivity index (χ2n) is 3.83. The molecule has 0 aliphatic carbocycles. The smallest absolute Gasteiger partial charge is 0.543 e. The summed E-state index contributed by atoms with van der Waals surface area (Å²) in [5, 5.41) is 11.0. The summed E-state index contributed by atoms with van der Waals surface area (Å²) in [6.45, 7) is 8.91. The SMILES string of the molecule is CC.CC.Cc1cc2ccc(OCC(F)F)cn2c1C(=O)[O-].[K+]. The number of pyridine rings is 1. The maximum absolute atomic E-state index is 12.0. The number of alkyl halides is 2. The number of halogens is 2. The summed E-state index contributed by atoms with van der Waals surface area (Å²) >= 11 is 0. The summed E-state index contributed by atoms with van der Waals surface area (Å²) in [5.41, 5.74) is 1.17. The summed E-state index contributed by atoms with van der Waals surface area (Å²) in [4.78, 5) is 11.0. The Labute approximate surface area is 178 Å². The van der Waals surface area contributed by atoms with Crippen molar-refractivity contribution < 1.29 is 74.8 Å². The van der Waals surface area contributed by atoms with Crippen molar-refractivity contribution in [2.24, 2.45) is 0 Å². The number of aromatic carboxylic acids is 1. The van der Waals surface area contributed by atoms with Crippen molar-refractivity contribution in [3.63, 3.8) is 0 Å². The van der Waals surface area contributed by atoms with E-state index in [1.165, 1.54) is 16.7 Å². The topological polar surface area (TPSA) is 53.8 Å². The molecule has 2 aromatic heterocycles. The van der Waals surface area contributed by atoms with Crippen molar-refractivity contribution in [1.29, 1.82) is 0 Å². The van der Waals surface area contributed by atoms with Gasteiger partial charge in [-0.3, -0.25) is 0 Å². The van der Waals surface area contributed by atoms with Gasteiger partial charge < -0.3 is 19.0 Å². The van der Waals surface area contributed by atoms with Crippen LogP contribution in [0.3, 0.4) is 0 Å². The number of carbonyl (C=O) groups is 1. The Morgan fingerprint density at radius 3 is 2.30 bits per heavy atom. The molecule has 0 amide bonds. The van der Waals surface area contributed by atoms with E-state index in [0.29, 0.717) is 11.1 Å². The molecule has 0 fully saturated rings. The average molecular weight is 353 g/mol. The second kappa shape index (κ2) is 12.9. The number of aromatic nitrogens is 1. The minimum absolute atomic E-state index is 0. The molecule has 0 aromatic carbocycles. The molecule has 0 saturated carbocycles. The molecule has 0 aliphatic rings. The van der Waals surface area contributed by atoms with E-state index in [2.05, 4.69) is 0 Å². The van der Waals surface area contributed by atoms with E-state index in [0.717, 1.165) is 0 Å². The van der Waals surface area contributed by atoms with Crippen molar-refractivity contribution in [1.82, 2.24) is 4.40 Å². The zero-order valence-electron chi connectivity index (χ0n) is 14.5. The number of hydrogen-bond donors (Lipinski definition) is 0. The number of carbonyl (C=O) groups excluding carboxylic acids is 1. The maximum Gasteiger partial charge on any atom is 1.00 e. The molecular weight excluding hydrogens is 331 g/mol. The van der Waals surface area contributed by atoms with Crippen molar-refractivity contribution in [3.05, 3.63) is 35.7 Å². The molecule has 0 saturated heterocycles. The number of rotatable bonds is 4. The second-order valence-corrected chi connectivity index (χ2v) is 3.83. The summed E-state index contributed by atoms with van der Waals surface area (Å²) in [6, 6.07) is 4.78. The fourth-order valence-corrected chi connectivity index (χ4v) is 1.79. The summed E-state index contributed by atoms with van der Waals surface area (Å²) < 4.78 is 30.2. The van der Waals surface area contributed by atoms with Gasteiger partial charge in [0.05, 0.1) is 17.9 Å². The van der Waals surface area contributed by atoms with E-state index < -0.39 is 19.0 Å². The molecule has 2 rings (SSSR count). The van der Waals surface area contributed by atoms with E-state index >= 15 is 0 Å². The number of carboxylic acid groups (broad SMARTS) is 1. The molecule has 0 atom stereocenters. The molecular formula is C16H22F2KNO3. The molecule has 0 unspecified atom stereocenters. The number of carboxylic acids is 1. The Bertz CT molecular complexity index is 600. The van der Waals surface area contributed by atoms with Gasteiger partial charge in [0.15, 0.2) is 0 Å². The number of ether oxygens (including phenoxy) is 1. The molecule has 2 heterocycles. The Morgan fingerprint density at radius 1 is 1.26 bits per heavy atom.